The number of carbonyl (C=O) groups excluding carboxylic acids is 2. The number of para-hydroxylation sites is 1. The van der Waals surface area contributed by atoms with Crippen molar-refractivity contribution in [2.75, 3.05) is 16.8 Å². The summed E-state index contributed by atoms with van der Waals surface area (Å²) in [6.07, 6.45) is -4.70. The molecule has 0 spiro atoms. The van der Waals surface area contributed by atoms with Crippen LogP contribution in [0, 0.1) is 0 Å². The minimum absolute atomic E-state index is 0.0961. The lowest BCUT2D eigenvalue weighted by Gasteiger charge is -2.38. The summed E-state index contributed by atoms with van der Waals surface area (Å²) >= 11 is 0. The largest absolute Gasteiger partial charge is 0.429 e. The van der Waals surface area contributed by atoms with E-state index in [0.717, 1.165) is 11.3 Å². The first-order valence-electron chi connectivity index (χ1n) is 13.1. The molecule has 3 aromatic rings. The fraction of sp³-hybridized carbons (Fsp3) is 0.290. The summed E-state index contributed by atoms with van der Waals surface area (Å²) in [4.78, 5) is 28.6. The number of aliphatic hydroxyl groups is 3. The number of ketones is 1. The molecule has 5 rings (SSSR count). The Labute approximate surface area is 232 Å². The van der Waals surface area contributed by atoms with Crippen LogP contribution in [0.3, 0.4) is 0 Å². The molecule has 2 aliphatic heterocycles. The molecule has 4 N–H and O–H groups in total. The lowest BCUT2D eigenvalue weighted by Crippen LogP contribution is -2.57. The van der Waals surface area contributed by atoms with Gasteiger partial charge in [0, 0.05) is 17.7 Å². The zero-order chi connectivity index (χ0) is 28.6. The summed E-state index contributed by atoms with van der Waals surface area (Å²) in [7, 11) is 0. The van der Waals surface area contributed by atoms with Gasteiger partial charge >= 0.3 is 5.97 Å². The number of fused-ring (bicyclic) bond motifs is 2. The van der Waals surface area contributed by atoms with Gasteiger partial charge in [-0.2, -0.15) is 0 Å². The molecule has 1 saturated heterocycles. The van der Waals surface area contributed by atoms with Crippen LogP contribution < -0.4 is 10.2 Å². The van der Waals surface area contributed by atoms with Crippen molar-refractivity contribution in [2.24, 2.45) is 0 Å². The highest BCUT2D eigenvalue weighted by atomic mass is 16.7. The van der Waals surface area contributed by atoms with Crippen LogP contribution in [0.1, 0.15) is 47.1 Å². The van der Waals surface area contributed by atoms with Crippen LogP contribution in [0.15, 0.2) is 78.4 Å². The van der Waals surface area contributed by atoms with E-state index < -0.39 is 36.7 Å². The van der Waals surface area contributed by atoms with Gasteiger partial charge in [0.15, 0.2) is 5.78 Å². The second kappa shape index (κ2) is 11.2. The van der Waals surface area contributed by atoms with Crippen molar-refractivity contribution in [3.63, 3.8) is 0 Å². The Morgan fingerprint density at radius 1 is 0.925 bits per heavy atom. The van der Waals surface area contributed by atoms with Gasteiger partial charge < -0.3 is 35.0 Å². The Balaban J connectivity index is 1.49. The first kappa shape index (κ1) is 27.5. The van der Waals surface area contributed by atoms with Crippen molar-refractivity contribution in [3.05, 3.63) is 95.1 Å². The molecular formula is C31H32N2O7. The zero-order valence-corrected chi connectivity index (χ0v) is 22.4. The molecular weight excluding hydrogens is 512 g/mol. The third-order valence-corrected chi connectivity index (χ3v) is 7.11. The second-order valence-corrected chi connectivity index (χ2v) is 10.2. The van der Waals surface area contributed by atoms with E-state index in [4.69, 9.17) is 9.47 Å². The maximum absolute atomic E-state index is 13.3. The van der Waals surface area contributed by atoms with Crippen LogP contribution in [-0.2, 0) is 9.47 Å². The summed E-state index contributed by atoms with van der Waals surface area (Å²) < 4.78 is 10.9. The smallest absolute Gasteiger partial charge is 0.342 e. The minimum atomic E-state index is -1.61. The molecule has 2 aliphatic rings. The molecule has 0 aromatic heterocycles. The number of anilines is 4. The number of hydrogen-bond acceptors (Lipinski definition) is 9. The SMILES string of the molecule is CC(C)=CCN1c2cc(C(=O)c3ccccc3)ccc2Nc2c(C(=O)O[C@@H]3O[C@@H](C)[C@H](O)[C@@H](O)[C@@H]3O)cccc21. The van der Waals surface area contributed by atoms with Crippen LogP contribution in [0.5, 0.6) is 0 Å². The number of benzene rings is 3. The van der Waals surface area contributed by atoms with Gasteiger partial charge in [-0.3, -0.25) is 4.79 Å². The number of aliphatic hydroxyl groups excluding tert-OH is 3. The first-order chi connectivity index (χ1) is 19.2. The molecule has 0 saturated carbocycles. The molecule has 0 aliphatic carbocycles. The quantitative estimate of drug-likeness (QED) is 0.206. The lowest BCUT2D eigenvalue weighted by atomic mass is 9.99. The highest BCUT2D eigenvalue weighted by Gasteiger charge is 2.44. The van der Waals surface area contributed by atoms with Gasteiger partial charge in [-0.25, -0.2) is 4.79 Å². The van der Waals surface area contributed by atoms with Gasteiger partial charge in [0.25, 0.3) is 0 Å². The van der Waals surface area contributed by atoms with Gasteiger partial charge in [0.1, 0.15) is 18.3 Å². The number of rotatable bonds is 6. The van der Waals surface area contributed by atoms with Crippen molar-refractivity contribution >= 4 is 34.5 Å². The molecule has 9 heteroatoms. The molecule has 40 heavy (non-hydrogen) atoms. The Morgan fingerprint density at radius 3 is 2.40 bits per heavy atom. The number of carbonyl (C=O) groups is 2. The Bertz CT molecular complexity index is 1450. The van der Waals surface area contributed by atoms with Crippen LogP contribution in [0.2, 0.25) is 0 Å². The van der Waals surface area contributed by atoms with Gasteiger partial charge in [0.2, 0.25) is 6.29 Å². The average Bonchev–Trinajstić information content (AvgIpc) is 2.96. The number of nitrogens with zero attached hydrogens (tertiary/aromatic N) is 1. The summed E-state index contributed by atoms with van der Waals surface area (Å²) in [5, 5.41) is 33.7. The van der Waals surface area contributed by atoms with E-state index in [9.17, 15) is 24.9 Å². The zero-order valence-electron chi connectivity index (χ0n) is 22.4. The lowest BCUT2D eigenvalue weighted by molar-refractivity contribution is -0.276. The Morgan fingerprint density at radius 2 is 1.68 bits per heavy atom. The molecule has 1 fully saturated rings. The number of nitrogens with one attached hydrogen (secondary N) is 1. The molecule has 0 bridgehead atoms. The number of ether oxygens (including phenoxy) is 2. The number of hydrogen-bond donors (Lipinski definition) is 4. The maximum atomic E-state index is 13.3. The van der Waals surface area contributed by atoms with E-state index in [1.165, 1.54) is 6.92 Å². The minimum Gasteiger partial charge on any atom is -0.429 e. The Hall–Kier alpha value is -4.02. The fourth-order valence-electron chi connectivity index (χ4n) is 4.84. The van der Waals surface area contributed by atoms with Gasteiger partial charge in [0.05, 0.1) is 34.4 Å². The summed E-state index contributed by atoms with van der Waals surface area (Å²) in [5.41, 5.74) is 5.07. The van der Waals surface area contributed by atoms with Crippen LogP contribution in [-0.4, -0.2) is 64.3 Å². The van der Waals surface area contributed by atoms with Crippen molar-refractivity contribution in [3.8, 4) is 0 Å². The van der Waals surface area contributed by atoms with E-state index >= 15 is 0 Å². The summed E-state index contributed by atoms with van der Waals surface area (Å²) in [6, 6.07) is 19.6. The molecule has 0 unspecified atom stereocenters. The van der Waals surface area contributed by atoms with Crippen molar-refractivity contribution in [1.29, 1.82) is 0 Å². The van der Waals surface area contributed by atoms with Gasteiger partial charge in [-0.15, -0.1) is 0 Å². The van der Waals surface area contributed by atoms with E-state index in [0.29, 0.717) is 34.7 Å². The van der Waals surface area contributed by atoms with Crippen LogP contribution in [0.4, 0.5) is 22.7 Å². The summed E-state index contributed by atoms with van der Waals surface area (Å²) in [5.74, 6) is -0.869. The van der Waals surface area contributed by atoms with Gasteiger partial charge in [-0.1, -0.05) is 48.0 Å². The van der Waals surface area contributed by atoms with Crippen molar-refractivity contribution in [1.82, 2.24) is 0 Å². The summed E-state index contributed by atoms with van der Waals surface area (Å²) in [6.45, 7) is 5.99. The van der Waals surface area contributed by atoms with Crippen LogP contribution >= 0.6 is 0 Å². The number of esters is 1. The maximum Gasteiger partial charge on any atom is 0.342 e. The third kappa shape index (κ3) is 5.24. The van der Waals surface area contributed by atoms with Crippen LogP contribution in [0.25, 0.3) is 0 Å². The van der Waals surface area contributed by atoms with E-state index in [-0.39, 0.29) is 11.3 Å². The van der Waals surface area contributed by atoms with Crippen molar-refractivity contribution < 1.29 is 34.4 Å². The monoisotopic (exact) mass is 544 g/mol. The van der Waals surface area contributed by atoms with Gasteiger partial charge in [-0.05, 0) is 51.1 Å². The van der Waals surface area contributed by atoms with E-state index in [2.05, 4.69) is 11.4 Å². The fourth-order valence-corrected chi connectivity index (χ4v) is 4.84. The average molecular weight is 545 g/mol. The first-order valence-corrected chi connectivity index (χ1v) is 13.1. The Kier molecular flexibility index (Phi) is 7.73. The predicted molar refractivity (Wildman–Crippen MR) is 150 cm³/mol. The molecule has 2 heterocycles. The predicted octanol–water partition coefficient (Wildman–Crippen LogP) is 4.06. The highest BCUT2D eigenvalue weighted by molar-refractivity contribution is 6.11. The van der Waals surface area contributed by atoms with E-state index in [1.54, 1.807) is 36.4 Å². The number of allylic oxidation sites excluding steroid dienone is 1. The molecule has 0 radical (unpaired) electrons. The highest BCUT2D eigenvalue weighted by Crippen LogP contribution is 2.46. The standard InChI is InChI=1S/C31H32N2O7/c1-17(2)14-15-33-23-11-7-10-21(30(38)40-31-29(37)28(36)26(34)18(3)39-31)25(23)32-22-13-12-20(16-24(22)33)27(35)19-8-5-4-6-9-19/h4-14,16,18,26,28-29,31-32,34,36-37H,15H2,1-3H3/t18-,26-,28+,29-,31-/m0/s1. The molecule has 3 aromatic carbocycles. The third-order valence-electron chi connectivity index (χ3n) is 7.11. The topological polar surface area (TPSA) is 129 Å². The normalized spacial score (nSPS) is 23.4. The second-order valence-electron chi connectivity index (χ2n) is 10.2. The molecule has 208 valence electrons. The molecule has 0 amide bonds. The molecule has 5 atom stereocenters. The molecule has 9 nitrogen and oxygen atoms in total. The van der Waals surface area contributed by atoms with Crippen molar-refractivity contribution in [2.45, 2.75) is 51.5 Å². The van der Waals surface area contributed by atoms with E-state index in [1.807, 2.05) is 49.1 Å².